The minimum absolute atomic E-state index is 0.00159. The monoisotopic (exact) mass is 313 g/mol. The Bertz CT molecular complexity index is 770. The topological polar surface area (TPSA) is 103 Å². The summed E-state index contributed by atoms with van der Waals surface area (Å²) in [7, 11) is 0. The number of nitro groups is 1. The maximum atomic E-state index is 12.2. The van der Waals surface area contributed by atoms with E-state index in [0.29, 0.717) is 11.1 Å². The molecule has 0 spiro atoms. The number of imide groups is 1. The summed E-state index contributed by atoms with van der Waals surface area (Å²) in [5.74, 6) is -1.20. The van der Waals surface area contributed by atoms with Crippen molar-refractivity contribution in [2.24, 2.45) is 0 Å². The number of hydrogen-bond acceptors (Lipinski definition) is 6. The largest absolute Gasteiger partial charge is 0.484 e. The Morgan fingerprint density at radius 1 is 1.09 bits per heavy atom. The van der Waals surface area contributed by atoms with Crippen LogP contribution in [0.2, 0.25) is 0 Å². The van der Waals surface area contributed by atoms with Crippen LogP contribution in [0.3, 0.4) is 0 Å². The predicted octanol–water partition coefficient (Wildman–Crippen LogP) is 1.66. The summed E-state index contributed by atoms with van der Waals surface area (Å²) in [6, 6.07) is 9.45. The Balaban J connectivity index is 1.68. The van der Waals surface area contributed by atoms with E-state index in [-0.39, 0.29) is 18.9 Å². The zero-order valence-electron chi connectivity index (χ0n) is 11.8. The molecule has 1 aromatic carbocycles. The molecule has 2 aromatic rings. The molecule has 0 atom stereocenters. The number of carbonyl (C=O) groups excluding carboxylic acids is 2. The van der Waals surface area contributed by atoms with E-state index in [1.165, 1.54) is 18.3 Å². The smallest absolute Gasteiger partial charge is 0.406 e. The number of carbonyl (C=O) groups is 2. The fourth-order valence-electron chi connectivity index (χ4n) is 2.32. The van der Waals surface area contributed by atoms with E-state index in [0.717, 1.165) is 4.90 Å². The number of ether oxygens (including phenoxy) is 1. The molecule has 8 nitrogen and oxygen atoms in total. The molecule has 2 heterocycles. The van der Waals surface area contributed by atoms with Gasteiger partial charge in [-0.25, -0.2) is 0 Å². The van der Waals surface area contributed by atoms with Crippen molar-refractivity contribution >= 4 is 17.6 Å². The number of aromatic nitrogens is 1. The molecule has 0 aliphatic carbocycles. The Morgan fingerprint density at radius 2 is 1.74 bits per heavy atom. The molecule has 0 saturated carbocycles. The van der Waals surface area contributed by atoms with Crippen molar-refractivity contribution in [2.45, 2.75) is 0 Å². The number of benzene rings is 1. The maximum Gasteiger partial charge on any atom is 0.406 e. The van der Waals surface area contributed by atoms with Crippen molar-refractivity contribution in [3.05, 3.63) is 63.8 Å². The highest BCUT2D eigenvalue weighted by atomic mass is 16.6. The van der Waals surface area contributed by atoms with Gasteiger partial charge in [-0.1, -0.05) is 12.1 Å². The minimum Gasteiger partial charge on any atom is -0.484 e. The fraction of sp³-hybridized carbons (Fsp3) is 0.133. The zero-order valence-corrected chi connectivity index (χ0v) is 11.8. The highest BCUT2D eigenvalue weighted by Gasteiger charge is 2.34. The Labute approximate surface area is 130 Å². The third-order valence-electron chi connectivity index (χ3n) is 3.37. The first-order chi connectivity index (χ1) is 11.1. The molecule has 3 rings (SSSR count). The summed E-state index contributed by atoms with van der Waals surface area (Å²) in [6.45, 7) is -0.0591. The van der Waals surface area contributed by atoms with Crippen LogP contribution in [0.15, 0.2) is 42.6 Å². The summed E-state index contributed by atoms with van der Waals surface area (Å²) in [5, 5.41) is 10.8. The Hall–Kier alpha value is -3.29. The van der Waals surface area contributed by atoms with Crippen molar-refractivity contribution in [3.8, 4) is 5.75 Å². The molecule has 1 aliphatic rings. The van der Waals surface area contributed by atoms with Gasteiger partial charge in [0.25, 0.3) is 11.8 Å². The molecule has 8 heteroatoms. The van der Waals surface area contributed by atoms with Crippen LogP contribution in [0.4, 0.5) is 5.82 Å². The summed E-state index contributed by atoms with van der Waals surface area (Å²) in [4.78, 5) is 39.2. The molecule has 1 aromatic heterocycles. The lowest BCUT2D eigenvalue weighted by Crippen LogP contribution is -2.33. The number of hydrogen-bond donors (Lipinski definition) is 0. The van der Waals surface area contributed by atoms with Gasteiger partial charge in [0.05, 0.1) is 17.7 Å². The van der Waals surface area contributed by atoms with E-state index in [9.17, 15) is 19.7 Å². The van der Waals surface area contributed by atoms with E-state index < -0.39 is 22.6 Å². The average molecular weight is 313 g/mol. The van der Waals surface area contributed by atoms with Gasteiger partial charge in [-0.15, -0.1) is 0 Å². The van der Waals surface area contributed by atoms with Crippen LogP contribution in [-0.4, -0.2) is 39.8 Å². The quantitative estimate of drug-likeness (QED) is 0.472. The molecule has 2 amide bonds. The molecule has 0 bridgehead atoms. The van der Waals surface area contributed by atoms with E-state index in [1.807, 2.05) is 0 Å². The fourth-order valence-corrected chi connectivity index (χ4v) is 2.32. The van der Waals surface area contributed by atoms with Gasteiger partial charge >= 0.3 is 5.82 Å². The normalized spacial score (nSPS) is 13.1. The lowest BCUT2D eigenvalue weighted by atomic mass is 10.1. The molecule has 116 valence electrons. The van der Waals surface area contributed by atoms with Crippen LogP contribution in [-0.2, 0) is 0 Å². The summed E-state index contributed by atoms with van der Waals surface area (Å²) in [5.41, 5.74) is 0.703. The third kappa shape index (κ3) is 2.61. The number of fused-ring (bicyclic) bond motifs is 1. The lowest BCUT2D eigenvalue weighted by Gasteiger charge is -2.14. The Morgan fingerprint density at radius 3 is 2.35 bits per heavy atom. The second-order valence-electron chi connectivity index (χ2n) is 4.74. The maximum absolute atomic E-state index is 12.2. The van der Waals surface area contributed by atoms with Gasteiger partial charge in [-0.2, -0.15) is 0 Å². The van der Waals surface area contributed by atoms with E-state index in [4.69, 9.17) is 4.74 Å². The van der Waals surface area contributed by atoms with Crippen molar-refractivity contribution in [3.63, 3.8) is 0 Å². The molecular formula is C15H11N3O5. The first-order valence-corrected chi connectivity index (χ1v) is 6.77. The average Bonchev–Trinajstić information content (AvgIpc) is 2.80. The number of nitrogens with zero attached hydrogens (tertiary/aromatic N) is 3. The van der Waals surface area contributed by atoms with Crippen LogP contribution in [0.1, 0.15) is 20.7 Å². The van der Waals surface area contributed by atoms with Gasteiger partial charge in [0.2, 0.25) is 5.75 Å². The van der Waals surface area contributed by atoms with Crippen LogP contribution in [0.25, 0.3) is 0 Å². The third-order valence-corrected chi connectivity index (χ3v) is 3.37. The second-order valence-corrected chi connectivity index (χ2v) is 4.74. The standard InChI is InChI=1S/C15H11N3O5/c19-14-10-4-1-2-5-11(10)15(20)17(14)8-9-23-12-6-3-7-16-13(12)18(21)22/h1-7H,8-9H2. The molecule has 0 fully saturated rings. The van der Waals surface area contributed by atoms with Gasteiger partial charge in [0.15, 0.2) is 0 Å². The molecule has 0 unspecified atom stereocenters. The van der Waals surface area contributed by atoms with Crippen molar-refractivity contribution in [1.29, 1.82) is 0 Å². The van der Waals surface area contributed by atoms with Gasteiger partial charge < -0.3 is 14.9 Å². The molecule has 1 aliphatic heterocycles. The number of amides is 2. The Kier molecular flexibility index (Phi) is 3.71. The van der Waals surface area contributed by atoms with E-state index >= 15 is 0 Å². The van der Waals surface area contributed by atoms with Gasteiger partial charge in [-0.05, 0) is 34.2 Å². The summed E-state index contributed by atoms with van der Waals surface area (Å²) >= 11 is 0. The highest BCUT2D eigenvalue weighted by molar-refractivity contribution is 6.21. The highest BCUT2D eigenvalue weighted by Crippen LogP contribution is 2.24. The first kappa shape index (κ1) is 14.6. The molecule has 23 heavy (non-hydrogen) atoms. The number of rotatable bonds is 5. The van der Waals surface area contributed by atoms with Gasteiger partial charge in [-0.3, -0.25) is 14.5 Å². The molecule has 0 saturated heterocycles. The van der Waals surface area contributed by atoms with Gasteiger partial charge in [0.1, 0.15) is 12.8 Å². The second kappa shape index (κ2) is 5.84. The molecular weight excluding hydrogens is 302 g/mol. The molecule has 0 radical (unpaired) electrons. The zero-order chi connectivity index (χ0) is 16.4. The van der Waals surface area contributed by atoms with Crippen LogP contribution < -0.4 is 4.74 Å². The molecule has 0 N–H and O–H groups in total. The van der Waals surface area contributed by atoms with Crippen molar-refractivity contribution in [1.82, 2.24) is 9.88 Å². The van der Waals surface area contributed by atoms with Gasteiger partial charge in [0, 0.05) is 0 Å². The van der Waals surface area contributed by atoms with Crippen molar-refractivity contribution in [2.75, 3.05) is 13.2 Å². The minimum atomic E-state index is -0.655. The SMILES string of the molecule is O=C1c2ccccc2C(=O)N1CCOc1cccnc1[N+](=O)[O-]. The summed E-state index contributed by atoms with van der Waals surface area (Å²) < 4.78 is 5.31. The van der Waals surface area contributed by atoms with Crippen LogP contribution >= 0.6 is 0 Å². The van der Waals surface area contributed by atoms with Crippen molar-refractivity contribution < 1.29 is 19.2 Å². The number of pyridine rings is 1. The van der Waals surface area contributed by atoms with E-state index in [2.05, 4.69) is 4.98 Å². The first-order valence-electron chi connectivity index (χ1n) is 6.77. The lowest BCUT2D eigenvalue weighted by molar-refractivity contribution is -0.390. The summed E-state index contributed by atoms with van der Waals surface area (Å²) in [6.07, 6.45) is 1.29. The predicted molar refractivity (Wildman–Crippen MR) is 78.2 cm³/mol. The van der Waals surface area contributed by atoms with E-state index in [1.54, 1.807) is 24.3 Å². The van der Waals surface area contributed by atoms with Crippen LogP contribution in [0, 0.1) is 10.1 Å². The van der Waals surface area contributed by atoms with Crippen LogP contribution in [0.5, 0.6) is 5.75 Å².